The molecule has 1 heteroatoms. The predicted molar refractivity (Wildman–Crippen MR) is 40.6 cm³/mol. The van der Waals surface area contributed by atoms with Crippen LogP contribution in [0.3, 0.4) is 0 Å². The van der Waals surface area contributed by atoms with Crippen LogP contribution >= 0.6 is 11.6 Å². The Labute approximate surface area is 60.5 Å². The van der Waals surface area contributed by atoms with Gasteiger partial charge in [0.05, 0.1) is 0 Å². The summed E-state index contributed by atoms with van der Waals surface area (Å²) in [5.41, 5.74) is 2.18. The molecule has 0 N–H and O–H groups in total. The van der Waals surface area contributed by atoms with E-state index in [4.69, 9.17) is 11.6 Å². The number of rotatable bonds is 0. The molecule has 0 heterocycles. The Bertz CT molecular complexity index is 216. The highest BCUT2D eigenvalue weighted by molar-refractivity contribution is 6.30. The summed E-state index contributed by atoms with van der Waals surface area (Å²) in [7, 11) is 0. The second-order valence-corrected chi connectivity index (χ2v) is 2.51. The summed E-state index contributed by atoms with van der Waals surface area (Å²) in [5.74, 6) is 0. The minimum Gasteiger partial charge on any atom is -0.0843 e. The molecule has 0 aliphatic heterocycles. The van der Waals surface area contributed by atoms with Crippen LogP contribution in [-0.4, -0.2) is 0 Å². The van der Waals surface area contributed by atoms with Crippen molar-refractivity contribution in [3.8, 4) is 0 Å². The van der Waals surface area contributed by atoms with E-state index in [2.05, 4.69) is 6.92 Å². The van der Waals surface area contributed by atoms with Gasteiger partial charge in [0.15, 0.2) is 0 Å². The van der Waals surface area contributed by atoms with Crippen LogP contribution in [-0.2, 0) is 0 Å². The van der Waals surface area contributed by atoms with E-state index in [-0.39, 0.29) is 0 Å². The third-order valence-corrected chi connectivity index (χ3v) is 1.55. The van der Waals surface area contributed by atoms with Crippen molar-refractivity contribution in [1.82, 2.24) is 0 Å². The molecule has 0 unspecified atom stereocenters. The lowest BCUT2D eigenvalue weighted by atomic mass is 10.1. The van der Waals surface area contributed by atoms with Gasteiger partial charge < -0.3 is 0 Å². The highest BCUT2D eigenvalue weighted by atomic mass is 35.5. The summed E-state index contributed by atoms with van der Waals surface area (Å²) >= 11 is 5.68. The molecular weight excluding hydrogens is 132 g/mol. The molecule has 1 rings (SSSR count). The zero-order valence-electron chi connectivity index (χ0n) is 5.32. The molecule has 0 atom stereocenters. The van der Waals surface area contributed by atoms with Gasteiger partial charge in [-0.2, -0.15) is 0 Å². The van der Waals surface area contributed by atoms with Crippen molar-refractivity contribution < 1.29 is 0 Å². The Morgan fingerprint density at radius 3 is 2.56 bits per heavy atom. The van der Waals surface area contributed by atoms with E-state index in [0.717, 1.165) is 10.6 Å². The molecule has 0 saturated carbocycles. The van der Waals surface area contributed by atoms with E-state index in [0.29, 0.717) is 0 Å². The maximum Gasteiger partial charge on any atom is 0.0408 e. The lowest BCUT2D eigenvalue weighted by Gasteiger charge is -1.96. The highest BCUT2D eigenvalue weighted by Crippen LogP contribution is 2.13. The summed E-state index contributed by atoms with van der Waals surface area (Å²) < 4.78 is 0. The zero-order chi connectivity index (χ0) is 6.85. The number of hydrogen-bond donors (Lipinski definition) is 0. The van der Waals surface area contributed by atoms with Crippen molar-refractivity contribution in [3.05, 3.63) is 41.3 Å². The highest BCUT2D eigenvalue weighted by Gasteiger charge is 1.90. The Morgan fingerprint density at radius 1 is 1.44 bits per heavy atom. The van der Waals surface area contributed by atoms with Gasteiger partial charge in [0, 0.05) is 5.02 Å². The normalized spacial score (nSPS) is 9.67. The average Bonchev–Trinajstić information content (AvgIpc) is 1.80. The summed E-state index contributed by atoms with van der Waals surface area (Å²) in [6.45, 7) is 5.81. The van der Waals surface area contributed by atoms with Gasteiger partial charge in [0.25, 0.3) is 0 Å². The summed E-state index contributed by atoms with van der Waals surface area (Å²) in [6, 6.07) is 5.69. The molecule has 1 aromatic rings. The van der Waals surface area contributed by atoms with Gasteiger partial charge in [-0.3, -0.25) is 0 Å². The molecule has 0 saturated heterocycles. The van der Waals surface area contributed by atoms with Gasteiger partial charge in [-0.05, 0) is 37.1 Å². The van der Waals surface area contributed by atoms with Gasteiger partial charge in [0.1, 0.15) is 0 Å². The molecule has 0 amide bonds. The second kappa shape index (κ2) is 2.40. The first-order chi connectivity index (χ1) is 4.20. The zero-order valence-corrected chi connectivity index (χ0v) is 6.07. The van der Waals surface area contributed by atoms with Crippen LogP contribution in [0.4, 0.5) is 0 Å². The fourth-order valence-electron chi connectivity index (χ4n) is 0.640. The van der Waals surface area contributed by atoms with Crippen LogP contribution in [0.5, 0.6) is 0 Å². The Hall–Kier alpha value is -0.490. The Morgan fingerprint density at radius 2 is 2.11 bits per heavy atom. The van der Waals surface area contributed by atoms with Gasteiger partial charge in [-0.25, -0.2) is 0 Å². The monoisotopic (exact) mass is 139 g/mol. The molecule has 9 heavy (non-hydrogen) atoms. The maximum atomic E-state index is 5.68. The molecule has 0 aliphatic rings. The average molecular weight is 140 g/mol. The first-order valence-corrected chi connectivity index (χ1v) is 3.16. The molecule has 0 fully saturated rings. The fraction of sp³-hybridized carbons (Fsp3) is 0.125. The van der Waals surface area contributed by atoms with Crippen molar-refractivity contribution in [2.75, 3.05) is 0 Å². The van der Waals surface area contributed by atoms with Crippen molar-refractivity contribution in [1.29, 1.82) is 0 Å². The van der Waals surface area contributed by atoms with E-state index in [9.17, 15) is 0 Å². The van der Waals surface area contributed by atoms with E-state index >= 15 is 0 Å². The standard InChI is InChI=1S/C8H8Cl/c1-6-3-4-8(9)5-7(6)2/h3-5H,2H2,1H3. The summed E-state index contributed by atoms with van der Waals surface area (Å²) in [5, 5.41) is 0.755. The molecule has 0 bridgehead atoms. The third-order valence-electron chi connectivity index (χ3n) is 1.31. The van der Waals surface area contributed by atoms with Crippen molar-refractivity contribution in [3.63, 3.8) is 0 Å². The molecule has 47 valence electrons. The molecule has 0 aliphatic carbocycles. The maximum absolute atomic E-state index is 5.68. The molecule has 0 aromatic heterocycles. The summed E-state index contributed by atoms with van der Waals surface area (Å²) in [6.07, 6.45) is 0. The minimum atomic E-state index is 0.755. The van der Waals surface area contributed by atoms with Crippen LogP contribution in [0.25, 0.3) is 0 Å². The van der Waals surface area contributed by atoms with Crippen molar-refractivity contribution in [2.45, 2.75) is 6.92 Å². The Balaban J connectivity index is 3.17. The van der Waals surface area contributed by atoms with Crippen molar-refractivity contribution in [2.24, 2.45) is 0 Å². The third kappa shape index (κ3) is 1.46. The lowest BCUT2D eigenvalue weighted by Crippen LogP contribution is -1.77. The van der Waals surface area contributed by atoms with Gasteiger partial charge in [-0.1, -0.05) is 17.7 Å². The first-order valence-electron chi connectivity index (χ1n) is 2.78. The van der Waals surface area contributed by atoms with Crippen LogP contribution in [0.1, 0.15) is 11.1 Å². The molecule has 1 aromatic carbocycles. The number of benzene rings is 1. The molecule has 1 radical (unpaired) electrons. The van der Waals surface area contributed by atoms with Crippen molar-refractivity contribution >= 4 is 11.6 Å². The minimum absolute atomic E-state index is 0.755. The van der Waals surface area contributed by atoms with Gasteiger partial charge in [-0.15, -0.1) is 0 Å². The van der Waals surface area contributed by atoms with Crippen LogP contribution in [0.2, 0.25) is 5.02 Å². The van der Waals surface area contributed by atoms with E-state index < -0.39 is 0 Å². The quantitative estimate of drug-likeness (QED) is 0.519. The number of aryl methyl sites for hydroxylation is 1. The predicted octanol–water partition coefficient (Wildman–Crippen LogP) is 2.83. The van der Waals surface area contributed by atoms with E-state index in [1.165, 1.54) is 5.56 Å². The molecule has 0 nitrogen and oxygen atoms in total. The largest absolute Gasteiger partial charge is 0.0843 e. The first kappa shape index (κ1) is 6.63. The SMILES string of the molecule is [CH2]c1cc(Cl)ccc1C. The van der Waals surface area contributed by atoms with Crippen LogP contribution < -0.4 is 0 Å². The van der Waals surface area contributed by atoms with E-state index in [1.54, 1.807) is 0 Å². The lowest BCUT2D eigenvalue weighted by molar-refractivity contribution is 1.42. The Kier molecular flexibility index (Phi) is 1.77. The van der Waals surface area contributed by atoms with Gasteiger partial charge in [0.2, 0.25) is 0 Å². The number of halogens is 1. The van der Waals surface area contributed by atoms with Crippen LogP contribution in [0.15, 0.2) is 18.2 Å². The molecular formula is C8H8Cl. The second-order valence-electron chi connectivity index (χ2n) is 2.07. The fourth-order valence-corrected chi connectivity index (χ4v) is 0.835. The number of hydrogen-bond acceptors (Lipinski definition) is 0. The smallest absolute Gasteiger partial charge is 0.0408 e. The van der Waals surface area contributed by atoms with Crippen LogP contribution in [0, 0.1) is 13.8 Å². The van der Waals surface area contributed by atoms with Gasteiger partial charge >= 0.3 is 0 Å². The summed E-state index contributed by atoms with van der Waals surface area (Å²) in [4.78, 5) is 0. The molecule has 0 spiro atoms. The topological polar surface area (TPSA) is 0 Å². The van der Waals surface area contributed by atoms with E-state index in [1.807, 2.05) is 25.1 Å².